The fraction of sp³-hybridized carbons (Fsp3) is 0.400. The second kappa shape index (κ2) is 6.32. The second-order valence-corrected chi connectivity index (χ2v) is 5.55. The lowest BCUT2D eigenvalue weighted by Crippen LogP contribution is -2.19. The van der Waals surface area contributed by atoms with Crippen molar-refractivity contribution in [2.75, 3.05) is 18.6 Å². The van der Waals surface area contributed by atoms with Gasteiger partial charge in [-0.15, -0.1) is 0 Å². The lowest BCUT2D eigenvalue weighted by Gasteiger charge is -2.03. The van der Waals surface area contributed by atoms with Gasteiger partial charge in [0.2, 0.25) is 0 Å². The molecule has 0 saturated heterocycles. The number of benzene rings is 1. The molecule has 4 heteroatoms. The molecule has 1 aromatic rings. The Balaban J connectivity index is 2.25. The summed E-state index contributed by atoms with van der Waals surface area (Å²) in [6, 6.07) is 8.18. The monoisotopic (exact) mass is 275 g/mol. The minimum Gasteiger partial charge on any atom is -0.312 e. The number of halogens is 1. The van der Waals surface area contributed by atoms with Gasteiger partial charge < -0.3 is 5.32 Å². The van der Waals surface area contributed by atoms with Crippen LogP contribution in [0, 0.1) is 0 Å². The first-order valence-corrected chi connectivity index (χ1v) is 6.95. The van der Waals surface area contributed by atoms with Crippen LogP contribution >= 0.6 is 15.9 Å². The van der Waals surface area contributed by atoms with E-state index in [9.17, 15) is 4.21 Å². The topological polar surface area (TPSA) is 29.1 Å². The van der Waals surface area contributed by atoms with E-state index in [2.05, 4.69) is 33.4 Å². The molecule has 0 aliphatic rings. The van der Waals surface area contributed by atoms with Crippen LogP contribution in [0.5, 0.6) is 0 Å². The van der Waals surface area contributed by atoms with Crippen molar-refractivity contribution in [1.82, 2.24) is 5.32 Å². The van der Waals surface area contributed by atoms with Gasteiger partial charge >= 0.3 is 0 Å². The average Bonchev–Trinajstić information content (AvgIpc) is 2.15. The van der Waals surface area contributed by atoms with Crippen molar-refractivity contribution >= 4 is 26.7 Å². The SMILES string of the molecule is CS(=O)CCNCc1ccc(Br)cc1. The summed E-state index contributed by atoms with van der Waals surface area (Å²) in [6.45, 7) is 1.64. The molecule has 78 valence electrons. The summed E-state index contributed by atoms with van der Waals surface area (Å²) < 4.78 is 11.9. The zero-order valence-electron chi connectivity index (χ0n) is 8.13. The van der Waals surface area contributed by atoms with E-state index < -0.39 is 10.8 Å². The molecule has 0 spiro atoms. The number of nitrogens with one attached hydrogen (secondary N) is 1. The molecule has 0 fully saturated rings. The van der Waals surface area contributed by atoms with Crippen molar-refractivity contribution in [3.05, 3.63) is 34.3 Å². The van der Waals surface area contributed by atoms with Crippen LogP contribution in [-0.2, 0) is 17.3 Å². The molecule has 0 radical (unpaired) electrons. The lowest BCUT2D eigenvalue weighted by atomic mass is 10.2. The lowest BCUT2D eigenvalue weighted by molar-refractivity contribution is 0.676. The van der Waals surface area contributed by atoms with Gasteiger partial charge in [0.05, 0.1) is 0 Å². The van der Waals surface area contributed by atoms with E-state index in [4.69, 9.17) is 0 Å². The Kier molecular flexibility index (Phi) is 5.37. The number of rotatable bonds is 5. The normalized spacial score (nSPS) is 12.7. The van der Waals surface area contributed by atoms with Crippen LogP contribution < -0.4 is 5.32 Å². The summed E-state index contributed by atoms with van der Waals surface area (Å²) in [5.41, 5.74) is 1.25. The second-order valence-electron chi connectivity index (χ2n) is 3.08. The first-order valence-electron chi connectivity index (χ1n) is 4.43. The third-order valence-corrected chi connectivity index (χ3v) is 3.12. The van der Waals surface area contributed by atoms with Gasteiger partial charge in [0.1, 0.15) is 0 Å². The van der Waals surface area contributed by atoms with Gasteiger partial charge in [0.15, 0.2) is 0 Å². The molecule has 0 amide bonds. The number of hydrogen-bond donors (Lipinski definition) is 1. The zero-order chi connectivity index (χ0) is 10.4. The molecule has 1 aromatic carbocycles. The van der Waals surface area contributed by atoms with E-state index in [1.165, 1.54) is 5.56 Å². The summed E-state index contributed by atoms with van der Waals surface area (Å²) in [5.74, 6) is 0.719. The Morgan fingerprint density at radius 1 is 1.36 bits per heavy atom. The molecule has 0 aliphatic carbocycles. The van der Waals surface area contributed by atoms with E-state index in [-0.39, 0.29) is 0 Å². The van der Waals surface area contributed by atoms with Gasteiger partial charge in [-0.25, -0.2) is 0 Å². The molecule has 0 aromatic heterocycles. The predicted octanol–water partition coefficient (Wildman–Crippen LogP) is 1.92. The van der Waals surface area contributed by atoms with Crippen LogP contribution in [0.1, 0.15) is 5.56 Å². The Hall–Kier alpha value is -0.190. The van der Waals surface area contributed by atoms with Crippen molar-refractivity contribution in [3.63, 3.8) is 0 Å². The molecule has 1 unspecified atom stereocenters. The van der Waals surface area contributed by atoms with Crippen molar-refractivity contribution in [1.29, 1.82) is 0 Å². The fourth-order valence-electron chi connectivity index (χ4n) is 1.05. The fourth-order valence-corrected chi connectivity index (χ4v) is 1.75. The van der Waals surface area contributed by atoms with Crippen molar-refractivity contribution in [2.24, 2.45) is 0 Å². The van der Waals surface area contributed by atoms with Crippen LogP contribution in [0.25, 0.3) is 0 Å². The molecular weight excluding hydrogens is 262 g/mol. The van der Waals surface area contributed by atoms with Crippen LogP contribution in [0.4, 0.5) is 0 Å². The van der Waals surface area contributed by atoms with Gasteiger partial charge in [-0.2, -0.15) is 0 Å². The molecule has 1 rings (SSSR count). The molecule has 2 nitrogen and oxygen atoms in total. The molecule has 0 aliphatic heterocycles. The molecule has 0 saturated carbocycles. The van der Waals surface area contributed by atoms with E-state index in [1.54, 1.807) is 6.26 Å². The number of hydrogen-bond acceptors (Lipinski definition) is 2. The third-order valence-electron chi connectivity index (χ3n) is 1.81. The highest BCUT2D eigenvalue weighted by atomic mass is 79.9. The first kappa shape index (κ1) is 11.9. The van der Waals surface area contributed by atoms with Crippen molar-refractivity contribution in [3.8, 4) is 0 Å². The van der Waals surface area contributed by atoms with Gasteiger partial charge in [-0.1, -0.05) is 28.1 Å². The Morgan fingerprint density at radius 3 is 2.57 bits per heavy atom. The summed E-state index contributed by atoms with van der Waals surface area (Å²) in [5, 5.41) is 3.24. The maximum Gasteiger partial charge on any atom is 0.0357 e. The predicted molar refractivity (Wildman–Crippen MR) is 64.8 cm³/mol. The van der Waals surface area contributed by atoms with Crippen LogP contribution in [-0.4, -0.2) is 22.8 Å². The highest BCUT2D eigenvalue weighted by Gasteiger charge is 1.93. The quantitative estimate of drug-likeness (QED) is 0.832. The highest BCUT2D eigenvalue weighted by molar-refractivity contribution is 9.10. The molecular formula is C10H14BrNOS. The van der Waals surface area contributed by atoms with Gasteiger partial charge in [-0.3, -0.25) is 4.21 Å². The molecule has 0 heterocycles. The smallest absolute Gasteiger partial charge is 0.0357 e. The van der Waals surface area contributed by atoms with Gasteiger partial charge in [-0.05, 0) is 17.7 Å². The molecule has 1 atom stereocenters. The van der Waals surface area contributed by atoms with Crippen LogP contribution in [0.2, 0.25) is 0 Å². The summed E-state index contributed by atoms with van der Waals surface area (Å²) >= 11 is 3.39. The third kappa shape index (κ3) is 4.88. The minimum absolute atomic E-state index is 0.697. The summed E-state index contributed by atoms with van der Waals surface area (Å²) in [7, 11) is -0.697. The average molecular weight is 276 g/mol. The molecule has 0 bridgehead atoms. The Morgan fingerprint density at radius 2 is 2.00 bits per heavy atom. The van der Waals surface area contributed by atoms with E-state index in [0.29, 0.717) is 0 Å². The zero-order valence-corrected chi connectivity index (χ0v) is 10.5. The summed E-state index contributed by atoms with van der Waals surface area (Å²) in [6.07, 6.45) is 1.72. The minimum atomic E-state index is -0.697. The Labute approximate surface area is 95.7 Å². The first-order chi connectivity index (χ1) is 6.68. The molecule has 14 heavy (non-hydrogen) atoms. The van der Waals surface area contributed by atoms with Crippen molar-refractivity contribution < 1.29 is 4.21 Å². The van der Waals surface area contributed by atoms with Crippen molar-refractivity contribution in [2.45, 2.75) is 6.54 Å². The highest BCUT2D eigenvalue weighted by Crippen LogP contribution is 2.09. The Bertz CT molecular complexity index is 299. The summed E-state index contributed by atoms with van der Waals surface area (Å²) in [4.78, 5) is 0. The largest absolute Gasteiger partial charge is 0.312 e. The van der Waals surface area contributed by atoms with E-state index in [0.717, 1.165) is 23.3 Å². The maximum atomic E-state index is 10.8. The van der Waals surface area contributed by atoms with E-state index >= 15 is 0 Å². The van der Waals surface area contributed by atoms with Crippen LogP contribution in [0.15, 0.2) is 28.7 Å². The maximum absolute atomic E-state index is 10.8. The standard InChI is InChI=1S/C10H14BrNOS/c1-14(13)7-6-12-8-9-2-4-10(11)5-3-9/h2-5,12H,6-8H2,1H3. The van der Waals surface area contributed by atoms with Gasteiger partial charge in [0.25, 0.3) is 0 Å². The molecule has 1 N–H and O–H groups in total. The van der Waals surface area contributed by atoms with E-state index in [1.807, 2.05) is 12.1 Å². The van der Waals surface area contributed by atoms with Gasteiger partial charge in [0, 0.05) is 40.4 Å². The van der Waals surface area contributed by atoms with Crippen LogP contribution in [0.3, 0.4) is 0 Å².